The number of fused-ring (bicyclic) bond motifs is 1. The van der Waals surface area contributed by atoms with Crippen LogP contribution in [0, 0.1) is 13.8 Å². The number of hydrogen-bond acceptors (Lipinski definition) is 3. The molecule has 0 saturated carbocycles. The van der Waals surface area contributed by atoms with E-state index in [1.807, 2.05) is 0 Å². The largest absolute Gasteiger partial charge is 0.346 e. The van der Waals surface area contributed by atoms with Gasteiger partial charge in [0.25, 0.3) is 0 Å². The average molecular weight is 399 g/mol. The van der Waals surface area contributed by atoms with E-state index >= 15 is 0 Å². The number of nitrogens with zero attached hydrogens (tertiary/aromatic N) is 4. The lowest BCUT2D eigenvalue weighted by molar-refractivity contribution is 0.630. The minimum Gasteiger partial charge on any atom is -0.346 e. The van der Waals surface area contributed by atoms with Crippen LogP contribution in [0.3, 0.4) is 0 Å². The van der Waals surface area contributed by atoms with Crippen LogP contribution in [0.2, 0.25) is 0 Å². The van der Waals surface area contributed by atoms with Gasteiger partial charge in [-0.2, -0.15) is 0 Å². The van der Waals surface area contributed by atoms with Gasteiger partial charge in [0.2, 0.25) is 0 Å². The van der Waals surface area contributed by atoms with Gasteiger partial charge < -0.3 is 9.47 Å². The molecular formula is C26H30N4. The number of rotatable bonds is 8. The predicted molar refractivity (Wildman–Crippen MR) is 125 cm³/mol. The maximum Gasteiger partial charge on any atom is 0.157 e. The highest BCUT2D eigenvalue weighted by Crippen LogP contribution is 2.29. The van der Waals surface area contributed by atoms with E-state index in [0.717, 1.165) is 48.9 Å². The van der Waals surface area contributed by atoms with Gasteiger partial charge in [-0.05, 0) is 37.5 Å². The number of unbranched alkanes of at least 4 members (excludes halogenated alkanes) is 1. The third-order valence-electron chi connectivity index (χ3n) is 5.50. The molecule has 154 valence electrons. The summed E-state index contributed by atoms with van der Waals surface area (Å²) in [5.41, 5.74) is 5.76. The minimum atomic E-state index is 0.794. The smallest absolute Gasteiger partial charge is 0.157 e. The van der Waals surface area contributed by atoms with Crippen LogP contribution in [0.25, 0.3) is 11.0 Å². The Morgan fingerprint density at radius 1 is 0.833 bits per heavy atom. The molecule has 2 aromatic heterocycles. The lowest BCUT2D eigenvalue weighted by Gasteiger charge is -2.25. The van der Waals surface area contributed by atoms with Crippen molar-refractivity contribution in [1.82, 2.24) is 14.5 Å². The number of anilines is 1. The zero-order valence-electron chi connectivity index (χ0n) is 18.2. The first-order valence-electron chi connectivity index (χ1n) is 10.8. The summed E-state index contributed by atoms with van der Waals surface area (Å²) in [5, 5.41) is 0. The molecule has 0 saturated heterocycles. The molecule has 0 N–H and O–H groups in total. The molecule has 4 heteroatoms. The summed E-state index contributed by atoms with van der Waals surface area (Å²) in [6.45, 7) is 9.00. The number of aryl methyl sites for hydroxylation is 3. The Kier molecular flexibility index (Phi) is 6.12. The van der Waals surface area contributed by atoms with E-state index in [1.54, 1.807) is 0 Å². The number of pyridine rings is 1. The van der Waals surface area contributed by atoms with Crippen LogP contribution in [0.1, 0.15) is 42.4 Å². The molecule has 0 spiro atoms. The molecule has 0 radical (unpaired) electrons. The Morgan fingerprint density at radius 2 is 1.43 bits per heavy atom. The summed E-state index contributed by atoms with van der Waals surface area (Å²) in [5.74, 6) is 2.03. The molecule has 0 aliphatic carbocycles. The molecule has 2 aromatic carbocycles. The molecular weight excluding hydrogens is 368 g/mol. The summed E-state index contributed by atoms with van der Waals surface area (Å²) in [4.78, 5) is 12.3. The van der Waals surface area contributed by atoms with Gasteiger partial charge in [-0.25, -0.2) is 9.97 Å². The molecule has 0 aliphatic heterocycles. The molecule has 0 atom stereocenters. The molecule has 0 amide bonds. The molecule has 0 fully saturated rings. The van der Waals surface area contributed by atoms with Crippen LogP contribution < -0.4 is 4.90 Å². The highest BCUT2D eigenvalue weighted by molar-refractivity contribution is 5.87. The molecule has 0 aliphatic rings. The number of imidazole rings is 1. The van der Waals surface area contributed by atoms with Crippen molar-refractivity contribution in [3.05, 3.63) is 89.4 Å². The molecule has 0 bridgehead atoms. The van der Waals surface area contributed by atoms with Gasteiger partial charge in [0.1, 0.15) is 11.3 Å². The van der Waals surface area contributed by atoms with Gasteiger partial charge >= 0.3 is 0 Å². The maximum atomic E-state index is 4.98. The highest BCUT2D eigenvalue weighted by Gasteiger charge is 2.19. The first-order valence-corrected chi connectivity index (χ1v) is 10.8. The Morgan fingerprint density at radius 3 is 2.00 bits per heavy atom. The van der Waals surface area contributed by atoms with E-state index < -0.39 is 0 Å². The minimum absolute atomic E-state index is 0.794. The van der Waals surface area contributed by atoms with Gasteiger partial charge in [0.15, 0.2) is 5.82 Å². The fourth-order valence-corrected chi connectivity index (χ4v) is 3.97. The first-order chi connectivity index (χ1) is 14.7. The van der Waals surface area contributed by atoms with Crippen molar-refractivity contribution in [3.63, 3.8) is 0 Å². The Labute approximate surface area is 179 Å². The summed E-state index contributed by atoms with van der Waals surface area (Å²) in [6, 6.07) is 23.4. The third kappa shape index (κ3) is 4.38. The normalized spacial score (nSPS) is 11.2. The van der Waals surface area contributed by atoms with Crippen molar-refractivity contribution in [3.8, 4) is 0 Å². The number of benzene rings is 2. The Hall–Kier alpha value is -3.14. The van der Waals surface area contributed by atoms with E-state index in [9.17, 15) is 0 Å². The van der Waals surface area contributed by atoms with Crippen LogP contribution >= 0.6 is 0 Å². The first kappa shape index (κ1) is 20.1. The third-order valence-corrected chi connectivity index (χ3v) is 5.50. The zero-order chi connectivity index (χ0) is 20.9. The summed E-state index contributed by atoms with van der Waals surface area (Å²) < 4.78 is 2.35. The summed E-state index contributed by atoms with van der Waals surface area (Å²) >= 11 is 0. The Balaban J connectivity index is 1.80. The molecule has 4 nitrogen and oxygen atoms in total. The second kappa shape index (κ2) is 9.12. The molecule has 30 heavy (non-hydrogen) atoms. The zero-order valence-corrected chi connectivity index (χ0v) is 18.2. The van der Waals surface area contributed by atoms with Crippen LogP contribution in [-0.2, 0) is 19.6 Å². The highest BCUT2D eigenvalue weighted by atomic mass is 15.2. The van der Waals surface area contributed by atoms with Crippen LogP contribution in [0.4, 0.5) is 5.82 Å². The topological polar surface area (TPSA) is 34.0 Å². The van der Waals surface area contributed by atoms with Crippen molar-refractivity contribution in [1.29, 1.82) is 0 Å². The van der Waals surface area contributed by atoms with Crippen molar-refractivity contribution < 1.29 is 0 Å². The SMILES string of the molecule is CCCCn1c(C)nc2c(N(Cc3ccccc3)Cc3ccccc3)nc(C)cc21. The van der Waals surface area contributed by atoms with Gasteiger partial charge in [-0.3, -0.25) is 0 Å². The van der Waals surface area contributed by atoms with Gasteiger partial charge in [-0.15, -0.1) is 0 Å². The van der Waals surface area contributed by atoms with E-state index in [0.29, 0.717) is 0 Å². The van der Waals surface area contributed by atoms with Crippen molar-refractivity contribution in [2.45, 2.75) is 53.2 Å². The monoisotopic (exact) mass is 398 g/mol. The Bertz CT molecular complexity index is 1060. The van der Waals surface area contributed by atoms with Gasteiger partial charge in [-0.1, -0.05) is 74.0 Å². The number of aromatic nitrogens is 3. The second-order valence-corrected chi connectivity index (χ2v) is 7.95. The van der Waals surface area contributed by atoms with E-state index in [2.05, 4.69) is 97.0 Å². The molecule has 4 aromatic rings. The standard InChI is InChI=1S/C26H30N4/c1-4-5-16-30-21(3)28-25-24(30)17-20(2)27-26(25)29(18-22-12-8-6-9-13-22)19-23-14-10-7-11-15-23/h6-15,17H,4-5,16,18-19H2,1-3H3. The van der Waals surface area contributed by atoms with Crippen LogP contribution in [-0.4, -0.2) is 14.5 Å². The number of hydrogen-bond donors (Lipinski definition) is 0. The maximum absolute atomic E-state index is 4.98. The predicted octanol–water partition coefficient (Wildman–Crippen LogP) is 6.06. The molecule has 0 unspecified atom stereocenters. The summed E-state index contributed by atoms with van der Waals surface area (Å²) in [6.07, 6.45) is 2.32. The van der Waals surface area contributed by atoms with E-state index in [4.69, 9.17) is 9.97 Å². The fourth-order valence-electron chi connectivity index (χ4n) is 3.97. The lowest BCUT2D eigenvalue weighted by Crippen LogP contribution is -2.23. The molecule has 4 rings (SSSR count). The second-order valence-electron chi connectivity index (χ2n) is 7.95. The van der Waals surface area contributed by atoms with Crippen LogP contribution in [0.15, 0.2) is 66.7 Å². The van der Waals surface area contributed by atoms with Crippen molar-refractivity contribution >= 4 is 16.9 Å². The van der Waals surface area contributed by atoms with Crippen LogP contribution in [0.5, 0.6) is 0 Å². The van der Waals surface area contributed by atoms with E-state index in [-0.39, 0.29) is 0 Å². The summed E-state index contributed by atoms with van der Waals surface area (Å²) in [7, 11) is 0. The van der Waals surface area contributed by atoms with Crippen molar-refractivity contribution in [2.24, 2.45) is 0 Å². The van der Waals surface area contributed by atoms with E-state index in [1.165, 1.54) is 23.1 Å². The lowest BCUT2D eigenvalue weighted by atomic mass is 10.1. The fraction of sp³-hybridized carbons (Fsp3) is 0.308. The quantitative estimate of drug-likeness (QED) is 0.362. The average Bonchev–Trinajstić information content (AvgIpc) is 3.07. The molecule has 2 heterocycles. The van der Waals surface area contributed by atoms with Gasteiger partial charge in [0, 0.05) is 25.3 Å². The van der Waals surface area contributed by atoms with Crippen molar-refractivity contribution in [2.75, 3.05) is 4.90 Å². The van der Waals surface area contributed by atoms with Gasteiger partial charge in [0.05, 0.1) is 5.52 Å².